The Kier molecular flexibility index (Phi) is 9.51. The molecule has 0 aliphatic carbocycles. The zero-order valence-corrected chi connectivity index (χ0v) is 17.4. The van der Waals surface area contributed by atoms with Gasteiger partial charge in [0.25, 0.3) is 0 Å². The molecule has 0 saturated carbocycles. The van der Waals surface area contributed by atoms with Crippen LogP contribution in [0.5, 0.6) is 0 Å². The fraction of sp³-hybridized carbons (Fsp3) is 0.318. The van der Waals surface area contributed by atoms with Gasteiger partial charge in [0.1, 0.15) is 0 Å². The molecule has 1 aliphatic rings. The quantitative estimate of drug-likeness (QED) is 0.639. The number of carbonyl (C=O) groups excluding carboxylic acids is 1. The molecule has 2 aromatic rings. The van der Waals surface area contributed by atoms with E-state index in [1.54, 1.807) is 17.0 Å². The van der Waals surface area contributed by atoms with Crippen LogP contribution in [0, 0.1) is 0 Å². The fourth-order valence-electron chi connectivity index (χ4n) is 3.24. The van der Waals surface area contributed by atoms with Crippen molar-refractivity contribution in [1.29, 1.82) is 0 Å². The lowest BCUT2D eigenvalue weighted by Gasteiger charge is -2.31. The second-order valence-electron chi connectivity index (χ2n) is 6.91. The maximum Gasteiger partial charge on any atom is 0.225 e. The first kappa shape index (κ1) is 22.4. The summed E-state index contributed by atoms with van der Waals surface area (Å²) in [6, 6.07) is 17.6. The van der Waals surface area contributed by atoms with E-state index in [9.17, 15) is 4.79 Å². The van der Waals surface area contributed by atoms with E-state index >= 15 is 0 Å². The van der Waals surface area contributed by atoms with Gasteiger partial charge >= 0.3 is 0 Å². The Hall–Kier alpha value is -1.85. The molecule has 1 amide bonds. The highest BCUT2D eigenvalue weighted by molar-refractivity contribution is 6.30. The molecule has 0 atom stereocenters. The molecule has 1 saturated heterocycles. The molecule has 150 valence electrons. The van der Waals surface area contributed by atoms with Crippen molar-refractivity contribution in [2.75, 3.05) is 44.6 Å². The van der Waals surface area contributed by atoms with Crippen LogP contribution in [-0.4, -0.2) is 50.1 Å². The Balaban J connectivity index is 0.00000280. The van der Waals surface area contributed by atoms with Gasteiger partial charge in [-0.05, 0) is 35.9 Å². The minimum atomic E-state index is 0. The summed E-state index contributed by atoms with van der Waals surface area (Å²) in [7, 11) is 0. The van der Waals surface area contributed by atoms with Gasteiger partial charge in [0.2, 0.25) is 5.91 Å². The lowest BCUT2D eigenvalue weighted by Crippen LogP contribution is -3.14. The smallest absolute Gasteiger partial charge is 0.225 e. The van der Waals surface area contributed by atoms with Crippen LogP contribution in [-0.2, 0) is 4.79 Å². The number of amides is 1. The van der Waals surface area contributed by atoms with Crippen LogP contribution in [0.25, 0.3) is 6.08 Å². The summed E-state index contributed by atoms with van der Waals surface area (Å²) in [6.07, 6.45) is 4.98. The molecule has 1 aliphatic heterocycles. The zero-order valence-electron chi connectivity index (χ0n) is 15.9. The van der Waals surface area contributed by atoms with Gasteiger partial charge < -0.3 is 22.6 Å². The van der Waals surface area contributed by atoms with E-state index in [0.29, 0.717) is 11.4 Å². The molecule has 0 bridgehead atoms. The fourth-order valence-corrected chi connectivity index (χ4v) is 3.37. The Morgan fingerprint density at radius 2 is 1.75 bits per heavy atom. The van der Waals surface area contributed by atoms with Crippen LogP contribution in [0.1, 0.15) is 12.0 Å². The second kappa shape index (κ2) is 11.9. The van der Waals surface area contributed by atoms with Gasteiger partial charge in [0.05, 0.1) is 19.6 Å². The number of piperazine rings is 1. The van der Waals surface area contributed by atoms with E-state index in [2.05, 4.69) is 46.6 Å². The van der Waals surface area contributed by atoms with Gasteiger partial charge in [-0.25, -0.2) is 0 Å². The number of quaternary nitrogens is 1. The van der Waals surface area contributed by atoms with Gasteiger partial charge in [0.15, 0.2) is 0 Å². The first-order chi connectivity index (χ1) is 13.2. The number of nitrogens with one attached hydrogen (secondary N) is 2. The molecule has 0 unspecified atom stereocenters. The average molecular weight is 420 g/mol. The van der Waals surface area contributed by atoms with Crippen LogP contribution in [0.4, 0.5) is 5.69 Å². The molecule has 28 heavy (non-hydrogen) atoms. The van der Waals surface area contributed by atoms with Crippen LogP contribution < -0.4 is 22.6 Å². The molecular weight excluding hydrogens is 393 g/mol. The molecule has 3 rings (SSSR count). The molecule has 2 N–H and O–H groups in total. The first-order valence-corrected chi connectivity index (χ1v) is 9.90. The first-order valence-electron chi connectivity index (χ1n) is 9.52. The molecule has 4 nitrogen and oxygen atoms in total. The Morgan fingerprint density at radius 3 is 2.43 bits per heavy atom. The van der Waals surface area contributed by atoms with Gasteiger partial charge in [-0.1, -0.05) is 48.0 Å². The van der Waals surface area contributed by atoms with Crippen molar-refractivity contribution in [3.63, 3.8) is 0 Å². The van der Waals surface area contributed by atoms with Crippen LogP contribution in [0.2, 0.25) is 5.02 Å². The molecule has 0 aromatic heterocycles. The summed E-state index contributed by atoms with van der Waals surface area (Å²) in [5.41, 5.74) is 2.05. The van der Waals surface area contributed by atoms with Crippen LogP contribution in [0.3, 0.4) is 0 Å². The minimum Gasteiger partial charge on any atom is -1.00 e. The molecule has 1 heterocycles. The largest absolute Gasteiger partial charge is 1.00 e. The number of halogens is 2. The molecule has 2 aromatic carbocycles. The summed E-state index contributed by atoms with van der Waals surface area (Å²) >= 11 is 5.86. The van der Waals surface area contributed by atoms with Crippen molar-refractivity contribution in [3.8, 4) is 0 Å². The number of hydrogen-bond donors (Lipinski definition) is 2. The van der Waals surface area contributed by atoms with E-state index in [4.69, 9.17) is 11.6 Å². The Labute approximate surface area is 178 Å². The van der Waals surface area contributed by atoms with Crippen LogP contribution >= 0.6 is 11.6 Å². The number of carbonyl (C=O) groups is 1. The second-order valence-corrected chi connectivity index (χ2v) is 7.35. The molecular formula is C22H27Cl2N3O. The minimum absolute atomic E-state index is 0. The SMILES string of the molecule is O=C(CCN1CC[NH+](CC=Cc2ccccc2)CC1)Nc1ccc(Cl)cc1.[Cl-]. The monoisotopic (exact) mass is 419 g/mol. The maximum absolute atomic E-state index is 12.1. The van der Waals surface area contributed by atoms with Crippen molar-refractivity contribution in [2.45, 2.75) is 6.42 Å². The molecule has 0 spiro atoms. The third-order valence-corrected chi connectivity index (χ3v) is 5.11. The third kappa shape index (κ3) is 7.64. The van der Waals surface area contributed by atoms with Crippen molar-refractivity contribution < 1.29 is 22.1 Å². The summed E-state index contributed by atoms with van der Waals surface area (Å²) in [5, 5.41) is 3.60. The Morgan fingerprint density at radius 1 is 1.07 bits per heavy atom. The van der Waals surface area contributed by atoms with Gasteiger partial charge in [-0.3, -0.25) is 9.69 Å². The lowest BCUT2D eigenvalue weighted by atomic mass is 10.2. The van der Waals surface area contributed by atoms with E-state index in [0.717, 1.165) is 45.0 Å². The predicted molar refractivity (Wildman–Crippen MR) is 112 cm³/mol. The average Bonchev–Trinajstić information content (AvgIpc) is 2.70. The Bertz CT molecular complexity index is 742. The predicted octanol–water partition coefficient (Wildman–Crippen LogP) is -0.413. The van der Waals surface area contributed by atoms with E-state index in [-0.39, 0.29) is 18.3 Å². The summed E-state index contributed by atoms with van der Waals surface area (Å²) in [4.78, 5) is 16.1. The van der Waals surface area contributed by atoms with Crippen molar-refractivity contribution in [2.24, 2.45) is 0 Å². The van der Waals surface area contributed by atoms with E-state index < -0.39 is 0 Å². The summed E-state index contributed by atoms with van der Waals surface area (Å²) in [6.45, 7) is 6.20. The third-order valence-electron chi connectivity index (χ3n) is 4.86. The van der Waals surface area contributed by atoms with E-state index in [1.807, 2.05) is 18.2 Å². The maximum atomic E-state index is 12.1. The molecule has 1 fully saturated rings. The number of rotatable bonds is 7. The highest BCUT2D eigenvalue weighted by Gasteiger charge is 2.19. The van der Waals surface area contributed by atoms with Gasteiger partial charge in [-0.2, -0.15) is 0 Å². The van der Waals surface area contributed by atoms with Crippen molar-refractivity contribution >= 4 is 29.3 Å². The summed E-state index contributed by atoms with van der Waals surface area (Å²) in [5.74, 6) is 0.0536. The number of hydrogen-bond acceptors (Lipinski definition) is 2. The topological polar surface area (TPSA) is 36.8 Å². The number of anilines is 1. The van der Waals surface area contributed by atoms with Crippen molar-refractivity contribution in [1.82, 2.24) is 4.90 Å². The lowest BCUT2D eigenvalue weighted by molar-refractivity contribution is -0.898. The van der Waals surface area contributed by atoms with Gasteiger partial charge in [0, 0.05) is 36.8 Å². The molecule has 0 radical (unpaired) electrons. The zero-order chi connectivity index (χ0) is 18.9. The highest BCUT2D eigenvalue weighted by Crippen LogP contribution is 2.13. The van der Waals surface area contributed by atoms with Gasteiger partial charge in [-0.15, -0.1) is 0 Å². The standard InChI is InChI=1S/C22H26ClN3O.ClH/c23-20-8-10-21(11-9-20)24-22(27)12-14-26-17-15-25(16-18-26)13-4-7-19-5-2-1-3-6-19;/h1-11H,12-18H2,(H,24,27);1H. The van der Waals surface area contributed by atoms with Crippen LogP contribution in [0.15, 0.2) is 60.7 Å². The van der Waals surface area contributed by atoms with Crippen molar-refractivity contribution in [3.05, 3.63) is 71.3 Å². The normalized spacial score (nSPS) is 15.3. The molecule has 6 heteroatoms. The summed E-state index contributed by atoms with van der Waals surface area (Å²) < 4.78 is 0. The number of benzene rings is 2. The highest BCUT2D eigenvalue weighted by atomic mass is 35.5. The van der Waals surface area contributed by atoms with E-state index in [1.165, 1.54) is 5.56 Å². The number of nitrogens with zero attached hydrogens (tertiary/aromatic N) is 1.